The number of hydrogen-bond acceptors (Lipinski definition) is 3. The zero-order chi connectivity index (χ0) is 14.7. The van der Waals surface area contributed by atoms with Crippen molar-refractivity contribution in [3.8, 4) is 0 Å². The van der Waals surface area contributed by atoms with Crippen LogP contribution < -0.4 is 5.73 Å². The van der Waals surface area contributed by atoms with Crippen LogP contribution in [0.15, 0.2) is 24.3 Å². The van der Waals surface area contributed by atoms with Gasteiger partial charge in [0.15, 0.2) is 0 Å². The number of aromatic nitrogens is 2. The Morgan fingerprint density at radius 3 is 2.80 bits per heavy atom. The van der Waals surface area contributed by atoms with Crippen LogP contribution in [0.25, 0.3) is 0 Å². The summed E-state index contributed by atoms with van der Waals surface area (Å²) in [7, 11) is 1.80. The maximum atomic E-state index is 12.1. The van der Waals surface area contributed by atoms with E-state index in [1.807, 2.05) is 31.2 Å². The van der Waals surface area contributed by atoms with E-state index in [4.69, 9.17) is 17.3 Å². The van der Waals surface area contributed by atoms with Crippen LogP contribution in [0.5, 0.6) is 0 Å². The monoisotopic (exact) mass is 291 g/mol. The van der Waals surface area contributed by atoms with Crippen LogP contribution in [-0.2, 0) is 24.7 Å². The van der Waals surface area contributed by atoms with Crippen molar-refractivity contribution in [1.29, 1.82) is 0 Å². The Morgan fingerprint density at radius 2 is 2.20 bits per heavy atom. The van der Waals surface area contributed by atoms with Crippen molar-refractivity contribution in [2.24, 2.45) is 7.05 Å². The highest BCUT2D eigenvalue weighted by Crippen LogP contribution is 2.20. The first-order chi connectivity index (χ1) is 9.47. The van der Waals surface area contributed by atoms with Gasteiger partial charge in [-0.2, -0.15) is 5.10 Å². The van der Waals surface area contributed by atoms with Crippen LogP contribution in [0.4, 0.5) is 5.69 Å². The first-order valence-corrected chi connectivity index (χ1v) is 6.89. The van der Waals surface area contributed by atoms with Crippen LogP contribution in [0, 0.1) is 6.92 Å². The van der Waals surface area contributed by atoms with Crippen molar-refractivity contribution in [3.63, 3.8) is 0 Å². The normalized spacial score (nSPS) is 10.8. The number of carbonyl (C=O) groups excluding carboxylic acids is 1. The molecule has 1 heterocycles. The molecule has 0 saturated heterocycles. The fourth-order valence-corrected chi connectivity index (χ4v) is 2.41. The lowest BCUT2D eigenvalue weighted by molar-refractivity contribution is -0.118. The summed E-state index contributed by atoms with van der Waals surface area (Å²) in [6, 6.07) is 7.61. The topological polar surface area (TPSA) is 60.9 Å². The molecule has 2 aromatic rings. The van der Waals surface area contributed by atoms with Gasteiger partial charge in [0, 0.05) is 25.6 Å². The summed E-state index contributed by atoms with van der Waals surface area (Å²) in [6.07, 6.45) is 1.49. The molecule has 0 fully saturated rings. The molecule has 0 spiro atoms. The third kappa shape index (κ3) is 3.39. The Labute approximate surface area is 123 Å². The quantitative estimate of drug-likeness (QED) is 0.862. The number of nitrogen functional groups attached to an aromatic ring is 1. The Morgan fingerprint density at radius 1 is 1.45 bits per heavy atom. The largest absolute Gasteiger partial charge is 0.399 e. The van der Waals surface area contributed by atoms with Gasteiger partial charge in [0.2, 0.25) is 0 Å². The third-order valence-electron chi connectivity index (χ3n) is 3.27. The number of nitrogens with two attached hydrogens (primary N) is 1. The molecule has 0 aliphatic heterocycles. The Kier molecular flexibility index (Phi) is 4.45. The lowest BCUT2D eigenvalue weighted by Gasteiger charge is -2.04. The number of anilines is 1. The van der Waals surface area contributed by atoms with E-state index < -0.39 is 0 Å². The SMILES string of the molecule is Cc1nn(C)c(CC(=O)CCc2cccc(N)c2)c1Cl. The molecular weight excluding hydrogens is 274 g/mol. The Hall–Kier alpha value is -1.81. The summed E-state index contributed by atoms with van der Waals surface area (Å²) >= 11 is 6.14. The molecule has 5 heteroatoms. The standard InChI is InChI=1S/C15H18ClN3O/c1-10-15(16)14(19(2)18-10)9-13(20)7-6-11-4-3-5-12(17)8-11/h3-5,8H,6-7,9,17H2,1-2H3. The molecule has 0 aliphatic carbocycles. The van der Waals surface area contributed by atoms with Crippen LogP contribution >= 0.6 is 11.6 Å². The number of Topliss-reactive ketones (excluding diaryl/α,β-unsaturated/α-hetero) is 1. The van der Waals surface area contributed by atoms with Crippen molar-refractivity contribution in [1.82, 2.24) is 9.78 Å². The average Bonchev–Trinajstić information content (AvgIpc) is 2.63. The molecule has 0 aliphatic rings. The minimum Gasteiger partial charge on any atom is -0.399 e. The van der Waals surface area contributed by atoms with Gasteiger partial charge in [-0.15, -0.1) is 0 Å². The fraction of sp³-hybridized carbons (Fsp3) is 0.333. The average molecular weight is 292 g/mol. The van der Waals surface area contributed by atoms with Crippen LogP contribution in [0.2, 0.25) is 5.02 Å². The van der Waals surface area contributed by atoms with E-state index in [0.717, 1.165) is 22.6 Å². The van der Waals surface area contributed by atoms with Gasteiger partial charge in [-0.25, -0.2) is 0 Å². The molecule has 0 bridgehead atoms. The summed E-state index contributed by atoms with van der Waals surface area (Å²) in [5.41, 5.74) is 9.05. The summed E-state index contributed by atoms with van der Waals surface area (Å²) in [5.74, 6) is 0.150. The van der Waals surface area contributed by atoms with E-state index in [1.54, 1.807) is 11.7 Å². The number of aryl methyl sites for hydroxylation is 3. The maximum absolute atomic E-state index is 12.1. The second-order valence-corrected chi connectivity index (χ2v) is 5.31. The van der Waals surface area contributed by atoms with Gasteiger partial charge < -0.3 is 5.73 Å². The van der Waals surface area contributed by atoms with Crippen LogP contribution in [-0.4, -0.2) is 15.6 Å². The molecule has 0 amide bonds. The molecule has 2 N–H and O–H groups in total. The first-order valence-electron chi connectivity index (χ1n) is 6.51. The van der Waals surface area contributed by atoms with Crippen LogP contribution in [0.1, 0.15) is 23.4 Å². The highest BCUT2D eigenvalue weighted by atomic mass is 35.5. The predicted octanol–water partition coefficient (Wildman–Crippen LogP) is 2.71. The second kappa shape index (κ2) is 6.09. The van der Waals surface area contributed by atoms with Crippen molar-refractivity contribution < 1.29 is 4.79 Å². The molecule has 2 rings (SSSR count). The number of halogens is 1. The van der Waals surface area contributed by atoms with E-state index in [9.17, 15) is 4.79 Å². The number of hydrogen-bond donors (Lipinski definition) is 1. The molecule has 0 saturated carbocycles. The Balaban J connectivity index is 1.96. The van der Waals surface area contributed by atoms with Gasteiger partial charge in [-0.3, -0.25) is 9.48 Å². The zero-order valence-corrected chi connectivity index (χ0v) is 12.4. The van der Waals surface area contributed by atoms with Gasteiger partial charge in [0.1, 0.15) is 5.78 Å². The van der Waals surface area contributed by atoms with E-state index >= 15 is 0 Å². The number of ketones is 1. The Bertz CT molecular complexity index is 634. The number of rotatable bonds is 5. The molecule has 0 unspecified atom stereocenters. The second-order valence-electron chi connectivity index (χ2n) is 4.93. The summed E-state index contributed by atoms with van der Waals surface area (Å²) in [6.45, 7) is 1.84. The smallest absolute Gasteiger partial charge is 0.139 e. The van der Waals surface area contributed by atoms with Crippen molar-refractivity contribution in [2.75, 3.05) is 5.73 Å². The molecule has 20 heavy (non-hydrogen) atoms. The number of nitrogens with zero attached hydrogens (tertiary/aromatic N) is 2. The predicted molar refractivity (Wildman–Crippen MR) is 80.8 cm³/mol. The van der Waals surface area contributed by atoms with Crippen molar-refractivity contribution in [2.45, 2.75) is 26.2 Å². The van der Waals surface area contributed by atoms with Gasteiger partial charge in [0.05, 0.1) is 16.4 Å². The van der Waals surface area contributed by atoms with Crippen LogP contribution in [0.3, 0.4) is 0 Å². The lowest BCUT2D eigenvalue weighted by atomic mass is 10.0. The zero-order valence-electron chi connectivity index (χ0n) is 11.7. The highest BCUT2D eigenvalue weighted by molar-refractivity contribution is 6.32. The molecule has 1 aromatic carbocycles. The lowest BCUT2D eigenvalue weighted by Crippen LogP contribution is -2.09. The molecule has 1 aromatic heterocycles. The van der Waals surface area contributed by atoms with Gasteiger partial charge in [-0.1, -0.05) is 23.7 Å². The summed E-state index contributed by atoms with van der Waals surface area (Å²) in [5, 5.41) is 4.80. The van der Waals surface area contributed by atoms with Crippen molar-refractivity contribution in [3.05, 3.63) is 46.2 Å². The fourth-order valence-electron chi connectivity index (χ4n) is 2.18. The molecule has 0 atom stereocenters. The van der Waals surface area contributed by atoms with Crippen molar-refractivity contribution >= 4 is 23.1 Å². The maximum Gasteiger partial charge on any atom is 0.139 e. The molecule has 106 valence electrons. The highest BCUT2D eigenvalue weighted by Gasteiger charge is 2.14. The molecule has 4 nitrogen and oxygen atoms in total. The molecule has 0 radical (unpaired) electrons. The van der Waals surface area contributed by atoms with Gasteiger partial charge in [0.25, 0.3) is 0 Å². The van der Waals surface area contributed by atoms with E-state index in [1.165, 1.54) is 0 Å². The van der Waals surface area contributed by atoms with Gasteiger partial charge >= 0.3 is 0 Å². The number of benzene rings is 1. The first kappa shape index (κ1) is 14.6. The van der Waals surface area contributed by atoms with Gasteiger partial charge in [-0.05, 0) is 31.0 Å². The summed E-state index contributed by atoms with van der Waals surface area (Å²) in [4.78, 5) is 12.1. The third-order valence-corrected chi connectivity index (χ3v) is 3.76. The van der Waals surface area contributed by atoms with E-state index in [2.05, 4.69) is 5.10 Å². The molecular formula is C15H18ClN3O. The summed E-state index contributed by atoms with van der Waals surface area (Å²) < 4.78 is 1.68. The minimum absolute atomic E-state index is 0.150. The van der Waals surface area contributed by atoms with E-state index in [0.29, 0.717) is 24.3 Å². The number of carbonyl (C=O) groups is 1. The van der Waals surface area contributed by atoms with E-state index in [-0.39, 0.29) is 5.78 Å². The minimum atomic E-state index is 0.150.